The van der Waals surface area contributed by atoms with E-state index in [-0.39, 0.29) is 17.2 Å². The number of aromatic nitrogens is 2. The zero-order chi connectivity index (χ0) is 17.9. The average molecular weight is 345 g/mol. The lowest BCUT2D eigenvalue weighted by atomic mass is 10.1. The molecule has 1 aromatic heterocycles. The van der Waals surface area contributed by atoms with Crippen LogP contribution in [0.3, 0.4) is 0 Å². The smallest absolute Gasteiger partial charge is 0.321 e. The molecule has 1 aromatic rings. The van der Waals surface area contributed by atoms with E-state index in [9.17, 15) is 18.3 Å². The first-order chi connectivity index (χ1) is 10.5. The van der Waals surface area contributed by atoms with Crippen LogP contribution in [0.4, 0.5) is 0 Å². The molecule has 2 N–H and O–H groups in total. The molecule has 0 aliphatic carbocycles. The molecule has 0 aromatic carbocycles. The molecule has 1 rings (SSSR count). The number of nitrogens with zero attached hydrogens (tertiary/aromatic N) is 2. The summed E-state index contributed by atoms with van der Waals surface area (Å²) in [5.74, 6) is -0.791. The van der Waals surface area contributed by atoms with Crippen molar-refractivity contribution in [3.05, 3.63) is 11.4 Å². The third-order valence-corrected chi connectivity index (χ3v) is 5.15. The molecule has 0 aliphatic rings. The Kier molecular flexibility index (Phi) is 6.35. The molecule has 1 heterocycles. The lowest BCUT2D eigenvalue weighted by Gasteiger charge is -2.17. The van der Waals surface area contributed by atoms with E-state index in [4.69, 9.17) is 0 Å². The van der Waals surface area contributed by atoms with Gasteiger partial charge in [0.25, 0.3) is 0 Å². The van der Waals surface area contributed by atoms with Gasteiger partial charge in [-0.25, -0.2) is 8.42 Å². The van der Waals surface area contributed by atoms with Gasteiger partial charge in [-0.15, -0.1) is 0 Å². The second-order valence-corrected chi connectivity index (χ2v) is 8.37. The van der Waals surface area contributed by atoms with E-state index in [2.05, 4.69) is 9.82 Å². The molecule has 0 aliphatic heterocycles. The summed E-state index contributed by atoms with van der Waals surface area (Å²) in [6, 6.07) is -1.15. The molecule has 1 atom stereocenters. The standard InChI is InChI=1S/C15H27N3O4S/c1-9(2)7-13(15(19)20)17-23(21,22)14-11(5)16-18(12(14)6)8-10(3)4/h9-10,13,17H,7-8H2,1-6H3,(H,19,20)/t13-/m0/s1. The molecule has 132 valence electrons. The molecule has 8 heteroatoms. The number of hydrogen-bond donors (Lipinski definition) is 2. The molecular weight excluding hydrogens is 318 g/mol. The van der Waals surface area contributed by atoms with Crippen molar-refractivity contribution in [3.8, 4) is 0 Å². The quantitative estimate of drug-likeness (QED) is 0.750. The Labute approximate surface area is 138 Å². The monoisotopic (exact) mass is 345 g/mol. The van der Waals surface area contributed by atoms with Crippen LogP contribution in [0.15, 0.2) is 4.90 Å². The van der Waals surface area contributed by atoms with Crippen LogP contribution in [0.1, 0.15) is 45.5 Å². The van der Waals surface area contributed by atoms with Gasteiger partial charge in [0.15, 0.2) is 0 Å². The maximum Gasteiger partial charge on any atom is 0.321 e. The van der Waals surface area contributed by atoms with E-state index < -0.39 is 22.0 Å². The van der Waals surface area contributed by atoms with E-state index in [1.165, 1.54) is 0 Å². The summed E-state index contributed by atoms with van der Waals surface area (Å²) in [6.45, 7) is 11.7. The minimum Gasteiger partial charge on any atom is -0.480 e. The lowest BCUT2D eigenvalue weighted by molar-refractivity contribution is -0.139. The Morgan fingerprint density at radius 2 is 1.78 bits per heavy atom. The van der Waals surface area contributed by atoms with Crippen molar-refractivity contribution in [2.45, 2.75) is 65.4 Å². The Morgan fingerprint density at radius 1 is 1.22 bits per heavy atom. The number of aliphatic carboxylic acids is 1. The van der Waals surface area contributed by atoms with Gasteiger partial charge < -0.3 is 5.11 Å². The molecule has 0 radical (unpaired) electrons. The van der Waals surface area contributed by atoms with E-state index in [0.717, 1.165) is 0 Å². The third-order valence-electron chi connectivity index (χ3n) is 3.42. The molecule has 0 saturated carbocycles. The highest BCUT2D eigenvalue weighted by Crippen LogP contribution is 2.21. The van der Waals surface area contributed by atoms with Crippen molar-refractivity contribution in [3.63, 3.8) is 0 Å². The van der Waals surface area contributed by atoms with E-state index in [1.807, 2.05) is 27.7 Å². The van der Waals surface area contributed by atoms with Gasteiger partial charge in [0.2, 0.25) is 10.0 Å². The molecule has 0 bridgehead atoms. The minimum atomic E-state index is -3.94. The van der Waals surface area contributed by atoms with E-state index in [0.29, 0.717) is 23.9 Å². The fraction of sp³-hybridized carbons (Fsp3) is 0.733. The zero-order valence-corrected chi connectivity index (χ0v) is 15.4. The molecule has 0 unspecified atom stereocenters. The first-order valence-electron chi connectivity index (χ1n) is 7.74. The topological polar surface area (TPSA) is 101 Å². The maximum atomic E-state index is 12.6. The van der Waals surface area contributed by atoms with Gasteiger partial charge in [-0.2, -0.15) is 9.82 Å². The number of hydrogen-bond acceptors (Lipinski definition) is 4. The van der Waals surface area contributed by atoms with Gasteiger partial charge in [0.1, 0.15) is 10.9 Å². The summed E-state index contributed by atoms with van der Waals surface area (Å²) >= 11 is 0. The SMILES string of the molecule is Cc1nn(CC(C)C)c(C)c1S(=O)(=O)N[C@@H](CC(C)C)C(=O)O. The summed E-state index contributed by atoms with van der Waals surface area (Å²) in [7, 11) is -3.94. The van der Waals surface area contributed by atoms with Gasteiger partial charge in [-0.05, 0) is 32.1 Å². The summed E-state index contributed by atoms with van der Waals surface area (Å²) in [5, 5.41) is 13.5. The van der Waals surface area contributed by atoms with Gasteiger partial charge in [0.05, 0.1) is 11.4 Å². The van der Waals surface area contributed by atoms with Crippen LogP contribution < -0.4 is 4.72 Å². The van der Waals surface area contributed by atoms with Gasteiger partial charge in [-0.3, -0.25) is 9.48 Å². The third kappa shape index (κ3) is 5.04. The van der Waals surface area contributed by atoms with Crippen molar-refractivity contribution in [1.29, 1.82) is 0 Å². The molecule has 7 nitrogen and oxygen atoms in total. The molecular formula is C15H27N3O4S. The molecule has 23 heavy (non-hydrogen) atoms. The van der Waals surface area contributed by atoms with Crippen LogP contribution in [-0.2, 0) is 21.4 Å². The number of carboxylic acid groups (broad SMARTS) is 1. The largest absolute Gasteiger partial charge is 0.480 e. The lowest BCUT2D eigenvalue weighted by Crippen LogP contribution is -2.41. The predicted octanol–water partition coefficient (Wildman–Crippen LogP) is 1.93. The van der Waals surface area contributed by atoms with Crippen LogP contribution in [0.5, 0.6) is 0 Å². The Bertz CT molecular complexity index is 663. The number of nitrogens with one attached hydrogen (secondary N) is 1. The van der Waals surface area contributed by atoms with Crippen LogP contribution in [0.2, 0.25) is 0 Å². The Morgan fingerprint density at radius 3 is 2.22 bits per heavy atom. The minimum absolute atomic E-state index is 0.0599. The van der Waals surface area contributed by atoms with Gasteiger partial charge in [0, 0.05) is 6.54 Å². The van der Waals surface area contributed by atoms with E-state index >= 15 is 0 Å². The van der Waals surface area contributed by atoms with Crippen LogP contribution >= 0.6 is 0 Å². The van der Waals surface area contributed by atoms with Gasteiger partial charge >= 0.3 is 5.97 Å². The molecule has 0 amide bonds. The Hall–Kier alpha value is -1.41. The van der Waals surface area contributed by atoms with Crippen molar-refractivity contribution in [2.24, 2.45) is 11.8 Å². The normalized spacial score (nSPS) is 13.7. The van der Waals surface area contributed by atoms with E-state index in [1.54, 1.807) is 18.5 Å². The highest BCUT2D eigenvalue weighted by Gasteiger charge is 2.30. The second kappa shape index (κ2) is 7.44. The highest BCUT2D eigenvalue weighted by molar-refractivity contribution is 7.89. The van der Waals surface area contributed by atoms with Crippen LogP contribution in [-0.4, -0.2) is 35.3 Å². The predicted molar refractivity (Wildman–Crippen MR) is 87.7 cm³/mol. The number of carboxylic acids is 1. The fourth-order valence-electron chi connectivity index (χ4n) is 2.51. The van der Waals surface area contributed by atoms with Crippen molar-refractivity contribution in [1.82, 2.24) is 14.5 Å². The number of aryl methyl sites for hydroxylation is 1. The first-order valence-corrected chi connectivity index (χ1v) is 9.23. The van der Waals surface area contributed by atoms with Crippen molar-refractivity contribution >= 4 is 16.0 Å². The molecule has 0 fully saturated rings. The van der Waals surface area contributed by atoms with Crippen molar-refractivity contribution in [2.75, 3.05) is 0 Å². The van der Waals surface area contributed by atoms with Crippen molar-refractivity contribution < 1.29 is 18.3 Å². The number of rotatable bonds is 8. The highest BCUT2D eigenvalue weighted by atomic mass is 32.2. The maximum absolute atomic E-state index is 12.6. The first kappa shape index (κ1) is 19.6. The van der Waals surface area contributed by atoms with Crippen LogP contribution in [0, 0.1) is 25.7 Å². The second-order valence-electron chi connectivity index (χ2n) is 6.72. The average Bonchev–Trinajstić information content (AvgIpc) is 2.62. The number of sulfonamides is 1. The molecule has 0 saturated heterocycles. The summed E-state index contributed by atoms with van der Waals surface area (Å²) < 4.78 is 29.3. The van der Waals surface area contributed by atoms with Gasteiger partial charge in [-0.1, -0.05) is 27.7 Å². The fourth-order valence-corrected chi connectivity index (χ4v) is 4.12. The summed E-state index contributed by atoms with van der Waals surface area (Å²) in [4.78, 5) is 11.4. The molecule has 0 spiro atoms. The summed E-state index contributed by atoms with van der Waals surface area (Å²) in [6.07, 6.45) is 0.229. The van der Waals surface area contributed by atoms with Crippen LogP contribution in [0.25, 0.3) is 0 Å². The Balaban J connectivity index is 3.17. The summed E-state index contributed by atoms with van der Waals surface area (Å²) in [5.41, 5.74) is 0.904. The zero-order valence-electron chi connectivity index (χ0n) is 14.6. The number of carbonyl (C=O) groups is 1.